The van der Waals surface area contributed by atoms with Gasteiger partial charge in [0.1, 0.15) is 29.7 Å². The Kier molecular flexibility index (Phi) is 9.26. The van der Waals surface area contributed by atoms with Crippen molar-refractivity contribution >= 4 is 40.9 Å². The average Bonchev–Trinajstić information content (AvgIpc) is 2.77. The standard InChI is InChI=1S/C23H22Cl2N2O5/c1-5-7-32-22-17(25)9-14(10-21(22)31-6-2)8-15(13-26)23(28)27-18-12-19(29-3)16(24)11-20(18)30-4/h5,8-12H,1,6-7H2,2-4H3,(H,27,28)/b15-8+. The molecule has 1 N–H and O–H groups in total. The quantitative estimate of drug-likeness (QED) is 0.275. The summed E-state index contributed by atoms with van der Waals surface area (Å²) >= 11 is 12.4. The van der Waals surface area contributed by atoms with Crippen LogP contribution < -0.4 is 24.3 Å². The van der Waals surface area contributed by atoms with Gasteiger partial charge in [-0.3, -0.25) is 4.79 Å². The molecule has 0 spiro atoms. The fourth-order valence-electron chi connectivity index (χ4n) is 2.68. The van der Waals surface area contributed by atoms with Crippen molar-refractivity contribution < 1.29 is 23.7 Å². The van der Waals surface area contributed by atoms with Crippen LogP contribution in [-0.2, 0) is 4.79 Å². The van der Waals surface area contributed by atoms with Gasteiger partial charge in [0.25, 0.3) is 5.91 Å². The molecule has 0 aliphatic heterocycles. The van der Waals surface area contributed by atoms with Crippen LogP contribution >= 0.6 is 23.2 Å². The first-order valence-corrected chi connectivity index (χ1v) is 10.2. The number of hydrogen-bond acceptors (Lipinski definition) is 6. The molecule has 0 unspecified atom stereocenters. The molecule has 0 atom stereocenters. The number of nitrogens with zero attached hydrogens (tertiary/aromatic N) is 1. The number of carbonyl (C=O) groups excluding carboxylic acids is 1. The summed E-state index contributed by atoms with van der Waals surface area (Å²) < 4.78 is 21.6. The minimum atomic E-state index is -0.656. The summed E-state index contributed by atoms with van der Waals surface area (Å²) in [6.45, 7) is 6.04. The highest BCUT2D eigenvalue weighted by Gasteiger charge is 2.17. The number of methoxy groups -OCH3 is 2. The lowest BCUT2D eigenvalue weighted by molar-refractivity contribution is -0.112. The van der Waals surface area contributed by atoms with E-state index in [9.17, 15) is 10.1 Å². The summed E-state index contributed by atoms with van der Waals surface area (Å²) in [7, 11) is 2.88. The number of ether oxygens (including phenoxy) is 4. The summed E-state index contributed by atoms with van der Waals surface area (Å²) in [6, 6.07) is 8.09. The molecule has 0 aliphatic rings. The monoisotopic (exact) mass is 476 g/mol. The first-order chi connectivity index (χ1) is 15.4. The number of amides is 1. The zero-order valence-corrected chi connectivity index (χ0v) is 19.3. The van der Waals surface area contributed by atoms with E-state index in [2.05, 4.69) is 11.9 Å². The van der Waals surface area contributed by atoms with Crippen LogP contribution in [0.15, 0.2) is 42.5 Å². The number of hydrogen-bond donors (Lipinski definition) is 1. The van der Waals surface area contributed by atoms with Gasteiger partial charge in [-0.05, 0) is 30.7 Å². The Morgan fingerprint density at radius 2 is 1.81 bits per heavy atom. The Bertz CT molecular complexity index is 1080. The van der Waals surface area contributed by atoms with Gasteiger partial charge in [-0.1, -0.05) is 35.9 Å². The van der Waals surface area contributed by atoms with E-state index < -0.39 is 5.91 Å². The smallest absolute Gasteiger partial charge is 0.266 e. The fraction of sp³-hybridized carbons (Fsp3) is 0.217. The number of halogens is 2. The zero-order valence-electron chi connectivity index (χ0n) is 17.8. The summed E-state index contributed by atoms with van der Waals surface area (Å²) in [5, 5.41) is 12.8. The van der Waals surface area contributed by atoms with Crippen LogP contribution in [0.2, 0.25) is 10.0 Å². The minimum absolute atomic E-state index is 0.167. The Hall–Kier alpha value is -3.34. The maximum Gasteiger partial charge on any atom is 0.266 e. The highest BCUT2D eigenvalue weighted by Crippen LogP contribution is 2.38. The maximum absolute atomic E-state index is 12.8. The predicted molar refractivity (Wildman–Crippen MR) is 125 cm³/mol. The van der Waals surface area contributed by atoms with Gasteiger partial charge in [0.15, 0.2) is 11.5 Å². The van der Waals surface area contributed by atoms with E-state index in [-0.39, 0.29) is 17.2 Å². The Labute approximate surface area is 196 Å². The van der Waals surface area contributed by atoms with E-state index in [0.717, 1.165) is 0 Å². The number of carbonyl (C=O) groups is 1. The lowest BCUT2D eigenvalue weighted by Crippen LogP contribution is -2.14. The van der Waals surface area contributed by atoms with Gasteiger partial charge < -0.3 is 24.3 Å². The van der Waals surface area contributed by atoms with Crippen molar-refractivity contribution in [1.82, 2.24) is 0 Å². The third kappa shape index (κ3) is 6.10. The highest BCUT2D eigenvalue weighted by atomic mass is 35.5. The second-order valence-corrected chi connectivity index (χ2v) is 6.99. The normalized spacial score (nSPS) is 10.7. The van der Waals surface area contributed by atoms with E-state index in [1.807, 2.05) is 13.0 Å². The van der Waals surface area contributed by atoms with E-state index in [0.29, 0.717) is 45.9 Å². The summed E-state index contributed by atoms with van der Waals surface area (Å²) in [6.07, 6.45) is 2.97. The van der Waals surface area contributed by atoms with Crippen molar-refractivity contribution in [3.8, 4) is 29.1 Å². The second kappa shape index (κ2) is 11.9. The molecule has 168 valence electrons. The maximum atomic E-state index is 12.8. The average molecular weight is 477 g/mol. The van der Waals surface area contributed by atoms with Crippen LogP contribution in [0.4, 0.5) is 5.69 Å². The lowest BCUT2D eigenvalue weighted by atomic mass is 10.1. The van der Waals surface area contributed by atoms with E-state index in [4.69, 9.17) is 42.1 Å². The third-order valence-electron chi connectivity index (χ3n) is 4.08. The summed E-state index contributed by atoms with van der Waals surface area (Å²) in [4.78, 5) is 12.8. The fourth-order valence-corrected chi connectivity index (χ4v) is 3.18. The molecule has 7 nitrogen and oxygen atoms in total. The molecule has 2 aromatic carbocycles. The predicted octanol–water partition coefficient (Wildman–Crippen LogP) is 5.52. The molecule has 0 saturated carbocycles. The number of nitriles is 1. The molecule has 0 heterocycles. The van der Waals surface area contributed by atoms with Gasteiger partial charge in [0.05, 0.1) is 36.6 Å². The zero-order chi connectivity index (χ0) is 23.7. The Morgan fingerprint density at radius 1 is 1.09 bits per heavy atom. The SMILES string of the molecule is C=CCOc1c(Cl)cc(/C=C(\C#N)C(=O)Nc2cc(OC)c(Cl)cc2OC)cc1OCC. The summed E-state index contributed by atoms with van der Waals surface area (Å²) in [5.74, 6) is 0.734. The number of rotatable bonds is 10. The lowest BCUT2D eigenvalue weighted by Gasteiger charge is -2.14. The summed E-state index contributed by atoms with van der Waals surface area (Å²) in [5.41, 5.74) is 0.608. The molecule has 9 heteroatoms. The minimum Gasteiger partial charge on any atom is -0.495 e. The number of benzene rings is 2. The highest BCUT2D eigenvalue weighted by molar-refractivity contribution is 6.33. The molecular formula is C23H22Cl2N2O5. The Morgan fingerprint density at radius 3 is 2.41 bits per heavy atom. The van der Waals surface area contributed by atoms with Crippen molar-refractivity contribution in [1.29, 1.82) is 5.26 Å². The topological polar surface area (TPSA) is 89.8 Å². The van der Waals surface area contributed by atoms with Crippen LogP contribution in [0.3, 0.4) is 0 Å². The van der Waals surface area contributed by atoms with Crippen LogP contribution in [0.1, 0.15) is 12.5 Å². The molecule has 0 aliphatic carbocycles. The van der Waals surface area contributed by atoms with Gasteiger partial charge in [-0.25, -0.2) is 0 Å². The molecule has 32 heavy (non-hydrogen) atoms. The molecule has 0 bridgehead atoms. The third-order valence-corrected chi connectivity index (χ3v) is 4.65. The van der Waals surface area contributed by atoms with Crippen molar-refractivity contribution in [3.63, 3.8) is 0 Å². The van der Waals surface area contributed by atoms with Gasteiger partial charge in [-0.15, -0.1) is 0 Å². The van der Waals surface area contributed by atoms with Crippen LogP contribution in [0.5, 0.6) is 23.0 Å². The first kappa shape index (κ1) is 24.9. The molecule has 1 amide bonds. The Balaban J connectivity index is 2.40. The number of nitrogens with one attached hydrogen (secondary N) is 1. The van der Waals surface area contributed by atoms with E-state index >= 15 is 0 Å². The molecule has 2 rings (SSSR count). The first-order valence-electron chi connectivity index (χ1n) is 9.43. The van der Waals surface area contributed by atoms with Crippen molar-refractivity contribution in [2.45, 2.75) is 6.92 Å². The largest absolute Gasteiger partial charge is 0.495 e. The molecule has 0 saturated heterocycles. The van der Waals surface area contributed by atoms with Crippen molar-refractivity contribution in [3.05, 3.63) is 58.1 Å². The van der Waals surface area contributed by atoms with E-state index in [1.165, 1.54) is 32.4 Å². The van der Waals surface area contributed by atoms with Gasteiger partial charge in [0, 0.05) is 12.1 Å². The molecular weight excluding hydrogens is 455 g/mol. The van der Waals surface area contributed by atoms with Crippen molar-refractivity contribution in [2.75, 3.05) is 32.8 Å². The van der Waals surface area contributed by atoms with Crippen LogP contribution in [0.25, 0.3) is 6.08 Å². The van der Waals surface area contributed by atoms with Crippen LogP contribution in [0, 0.1) is 11.3 Å². The van der Waals surface area contributed by atoms with Gasteiger partial charge >= 0.3 is 0 Å². The van der Waals surface area contributed by atoms with Gasteiger partial charge in [0.2, 0.25) is 0 Å². The van der Waals surface area contributed by atoms with Crippen molar-refractivity contribution in [2.24, 2.45) is 0 Å². The molecule has 0 radical (unpaired) electrons. The van der Waals surface area contributed by atoms with E-state index in [1.54, 1.807) is 18.2 Å². The number of anilines is 1. The van der Waals surface area contributed by atoms with Crippen LogP contribution in [-0.4, -0.2) is 33.3 Å². The second-order valence-electron chi connectivity index (χ2n) is 6.17. The molecule has 2 aromatic rings. The van der Waals surface area contributed by atoms with Gasteiger partial charge in [-0.2, -0.15) is 5.26 Å². The molecule has 0 fully saturated rings. The molecule has 0 aromatic heterocycles.